The average molecular weight is 140 g/mol. The third-order valence-electron chi connectivity index (χ3n) is 4.59. The molecular formula is C9H16O. The Labute approximate surface area is 62.8 Å². The molecule has 1 saturated carbocycles. The molecule has 0 aromatic heterocycles. The maximum Gasteiger partial charge on any atom is 0.0555 e. The molecule has 0 radical (unpaired) electrons. The maximum atomic E-state index is 5.27. The molecule has 1 spiro atoms. The molecule has 1 aliphatic carbocycles. The lowest BCUT2D eigenvalue weighted by atomic mass is 9.93. The standard InChI is InChI=1S/C9H16O/c1-7(2)8(3,4)9(7)5-10-6-9/h5-6H2,1-4H3. The van der Waals surface area contributed by atoms with Crippen molar-refractivity contribution >= 4 is 0 Å². The van der Waals surface area contributed by atoms with Gasteiger partial charge in [0.25, 0.3) is 0 Å². The van der Waals surface area contributed by atoms with Gasteiger partial charge in [0.05, 0.1) is 13.2 Å². The summed E-state index contributed by atoms with van der Waals surface area (Å²) in [7, 11) is 0. The predicted molar refractivity (Wildman–Crippen MR) is 40.8 cm³/mol. The zero-order valence-electron chi connectivity index (χ0n) is 7.32. The summed E-state index contributed by atoms with van der Waals surface area (Å²) in [6, 6.07) is 0. The number of ether oxygens (including phenoxy) is 1. The molecule has 1 nitrogen and oxygen atoms in total. The molecular weight excluding hydrogens is 124 g/mol. The number of rotatable bonds is 0. The van der Waals surface area contributed by atoms with E-state index in [0.29, 0.717) is 16.2 Å². The molecule has 0 atom stereocenters. The molecule has 2 rings (SSSR count). The summed E-state index contributed by atoms with van der Waals surface area (Å²) in [5.41, 5.74) is 1.57. The second-order valence-electron chi connectivity index (χ2n) is 4.82. The van der Waals surface area contributed by atoms with Crippen LogP contribution in [-0.4, -0.2) is 13.2 Å². The van der Waals surface area contributed by atoms with Crippen molar-refractivity contribution in [1.29, 1.82) is 0 Å². The van der Waals surface area contributed by atoms with Gasteiger partial charge >= 0.3 is 0 Å². The van der Waals surface area contributed by atoms with E-state index in [-0.39, 0.29) is 0 Å². The molecule has 0 aromatic rings. The highest BCUT2D eigenvalue weighted by Crippen LogP contribution is 2.80. The van der Waals surface area contributed by atoms with E-state index in [4.69, 9.17) is 4.74 Å². The molecule has 0 aromatic carbocycles. The van der Waals surface area contributed by atoms with Crippen molar-refractivity contribution in [3.05, 3.63) is 0 Å². The molecule has 0 amide bonds. The van der Waals surface area contributed by atoms with Gasteiger partial charge in [0.1, 0.15) is 0 Å². The summed E-state index contributed by atoms with van der Waals surface area (Å²) in [5, 5.41) is 0. The van der Waals surface area contributed by atoms with Crippen molar-refractivity contribution in [3.8, 4) is 0 Å². The average Bonchev–Trinajstić information content (AvgIpc) is 1.91. The third kappa shape index (κ3) is 0.355. The molecule has 1 heteroatoms. The van der Waals surface area contributed by atoms with Crippen molar-refractivity contribution in [2.45, 2.75) is 27.7 Å². The van der Waals surface area contributed by atoms with Crippen LogP contribution in [0.15, 0.2) is 0 Å². The number of hydrogen-bond donors (Lipinski definition) is 0. The zero-order valence-corrected chi connectivity index (χ0v) is 7.32. The second kappa shape index (κ2) is 1.29. The minimum absolute atomic E-state index is 0.512. The van der Waals surface area contributed by atoms with Crippen LogP contribution in [0.2, 0.25) is 0 Å². The van der Waals surface area contributed by atoms with E-state index < -0.39 is 0 Å². The first-order valence-corrected chi connectivity index (χ1v) is 4.03. The summed E-state index contributed by atoms with van der Waals surface area (Å²) in [4.78, 5) is 0. The molecule has 0 N–H and O–H groups in total. The first kappa shape index (κ1) is 6.66. The van der Waals surface area contributed by atoms with Gasteiger partial charge < -0.3 is 4.74 Å². The Morgan fingerprint density at radius 1 is 0.900 bits per heavy atom. The molecule has 2 aliphatic rings. The highest BCUT2D eigenvalue weighted by Gasteiger charge is 2.79. The Balaban J connectivity index is 2.30. The monoisotopic (exact) mass is 140 g/mol. The van der Waals surface area contributed by atoms with Crippen LogP contribution in [0.25, 0.3) is 0 Å². The molecule has 0 bridgehead atoms. The summed E-state index contributed by atoms with van der Waals surface area (Å²) >= 11 is 0. The normalized spacial score (nSPS) is 37.2. The molecule has 2 fully saturated rings. The Morgan fingerprint density at radius 2 is 1.30 bits per heavy atom. The maximum absolute atomic E-state index is 5.27. The Kier molecular flexibility index (Phi) is 0.860. The summed E-state index contributed by atoms with van der Waals surface area (Å²) in [6.45, 7) is 11.4. The van der Waals surface area contributed by atoms with E-state index in [1.807, 2.05) is 0 Å². The zero-order chi connectivity index (χ0) is 7.62. The Bertz CT molecular complexity index is 159. The van der Waals surface area contributed by atoms with Crippen molar-refractivity contribution in [2.75, 3.05) is 13.2 Å². The van der Waals surface area contributed by atoms with Crippen molar-refractivity contribution in [1.82, 2.24) is 0 Å². The second-order valence-corrected chi connectivity index (χ2v) is 4.82. The lowest BCUT2D eigenvalue weighted by Gasteiger charge is -2.31. The predicted octanol–water partition coefficient (Wildman–Crippen LogP) is 2.07. The van der Waals surface area contributed by atoms with E-state index in [0.717, 1.165) is 13.2 Å². The van der Waals surface area contributed by atoms with Crippen molar-refractivity contribution in [2.24, 2.45) is 16.2 Å². The van der Waals surface area contributed by atoms with Crippen LogP contribution < -0.4 is 0 Å². The van der Waals surface area contributed by atoms with Gasteiger partial charge in [0, 0.05) is 5.41 Å². The van der Waals surface area contributed by atoms with Gasteiger partial charge in [-0.05, 0) is 10.8 Å². The third-order valence-corrected chi connectivity index (χ3v) is 4.59. The topological polar surface area (TPSA) is 9.23 Å². The molecule has 1 heterocycles. The van der Waals surface area contributed by atoms with Crippen molar-refractivity contribution < 1.29 is 4.74 Å². The Hall–Kier alpha value is -0.0400. The van der Waals surface area contributed by atoms with Crippen LogP contribution in [0.3, 0.4) is 0 Å². The summed E-state index contributed by atoms with van der Waals surface area (Å²) in [6.07, 6.45) is 0. The fourth-order valence-electron chi connectivity index (χ4n) is 2.57. The summed E-state index contributed by atoms with van der Waals surface area (Å²) in [5.74, 6) is 0. The van der Waals surface area contributed by atoms with Crippen LogP contribution in [0.1, 0.15) is 27.7 Å². The fraction of sp³-hybridized carbons (Fsp3) is 1.00. The first-order chi connectivity index (χ1) is 4.46. The smallest absolute Gasteiger partial charge is 0.0555 e. The van der Waals surface area contributed by atoms with E-state index in [1.165, 1.54) is 0 Å². The summed E-state index contributed by atoms with van der Waals surface area (Å²) < 4.78 is 5.27. The van der Waals surface area contributed by atoms with Gasteiger partial charge in [0.2, 0.25) is 0 Å². The van der Waals surface area contributed by atoms with Gasteiger partial charge in [-0.15, -0.1) is 0 Å². The largest absolute Gasteiger partial charge is 0.380 e. The fourth-order valence-corrected chi connectivity index (χ4v) is 2.57. The van der Waals surface area contributed by atoms with Gasteiger partial charge in [0.15, 0.2) is 0 Å². The minimum atomic E-state index is 0.512. The van der Waals surface area contributed by atoms with Crippen LogP contribution in [0, 0.1) is 16.2 Å². The molecule has 58 valence electrons. The minimum Gasteiger partial charge on any atom is -0.380 e. The van der Waals surface area contributed by atoms with Crippen LogP contribution in [0.4, 0.5) is 0 Å². The van der Waals surface area contributed by atoms with Crippen LogP contribution in [-0.2, 0) is 4.74 Å². The van der Waals surface area contributed by atoms with Gasteiger partial charge in [-0.1, -0.05) is 27.7 Å². The van der Waals surface area contributed by atoms with Crippen molar-refractivity contribution in [3.63, 3.8) is 0 Å². The van der Waals surface area contributed by atoms with Crippen LogP contribution >= 0.6 is 0 Å². The lowest BCUT2D eigenvalue weighted by Crippen LogP contribution is -2.35. The molecule has 1 aliphatic heterocycles. The van der Waals surface area contributed by atoms with Crippen LogP contribution in [0.5, 0.6) is 0 Å². The molecule has 10 heavy (non-hydrogen) atoms. The highest BCUT2D eigenvalue weighted by molar-refractivity contribution is 5.26. The SMILES string of the molecule is CC1(C)C(C)(C)C12COC2. The highest BCUT2D eigenvalue weighted by atomic mass is 16.5. The quantitative estimate of drug-likeness (QED) is 0.500. The van der Waals surface area contributed by atoms with E-state index in [2.05, 4.69) is 27.7 Å². The van der Waals surface area contributed by atoms with E-state index >= 15 is 0 Å². The van der Waals surface area contributed by atoms with Gasteiger partial charge in [-0.25, -0.2) is 0 Å². The molecule has 1 saturated heterocycles. The lowest BCUT2D eigenvalue weighted by molar-refractivity contribution is -0.0806. The van der Waals surface area contributed by atoms with Gasteiger partial charge in [-0.3, -0.25) is 0 Å². The Morgan fingerprint density at radius 3 is 1.30 bits per heavy atom. The first-order valence-electron chi connectivity index (χ1n) is 4.03. The van der Waals surface area contributed by atoms with E-state index in [1.54, 1.807) is 0 Å². The van der Waals surface area contributed by atoms with E-state index in [9.17, 15) is 0 Å². The molecule has 0 unspecified atom stereocenters. The number of hydrogen-bond acceptors (Lipinski definition) is 1. The van der Waals surface area contributed by atoms with Gasteiger partial charge in [-0.2, -0.15) is 0 Å².